The second kappa shape index (κ2) is 7.26. The number of rotatable bonds is 4. The monoisotopic (exact) mass is 371 g/mol. The van der Waals surface area contributed by atoms with E-state index in [4.69, 9.17) is 0 Å². The maximum Gasteiger partial charge on any atom is 0.227 e. The van der Waals surface area contributed by atoms with Gasteiger partial charge in [0.1, 0.15) is 17.8 Å². The van der Waals surface area contributed by atoms with E-state index in [1.807, 2.05) is 18.3 Å². The van der Waals surface area contributed by atoms with Crippen molar-refractivity contribution in [2.45, 2.75) is 18.8 Å². The minimum Gasteiger partial charge on any atom is -0.355 e. The van der Waals surface area contributed by atoms with Gasteiger partial charge in [-0.2, -0.15) is 0 Å². The molecule has 140 valence electrons. The topological polar surface area (TPSA) is 82.6 Å². The largest absolute Gasteiger partial charge is 0.355 e. The van der Waals surface area contributed by atoms with E-state index in [1.54, 1.807) is 18.7 Å². The van der Waals surface area contributed by atoms with Crippen LogP contribution in [0.25, 0.3) is 11.0 Å². The van der Waals surface area contributed by atoms with Crippen LogP contribution in [0.15, 0.2) is 61.3 Å². The van der Waals surface area contributed by atoms with Gasteiger partial charge in [-0.05, 0) is 42.7 Å². The zero-order valence-electron chi connectivity index (χ0n) is 15.4. The number of aromatic nitrogens is 5. The number of anilines is 3. The van der Waals surface area contributed by atoms with Crippen molar-refractivity contribution in [3.8, 4) is 0 Å². The molecule has 0 saturated carbocycles. The number of benzene rings is 1. The third kappa shape index (κ3) is 3.26. The van der Waals surface area contributed by atoms with Gasteiger partial charge in [-0.3, -0.25) is 0 Å². The van der Waals surface area contributed by atoms with Gasteiger partial charge in [-0.15, -0.1) is 0 Å². The molecule has 1 aliphatic rings. The Bertz CT molecular complexity index is 1080. The average Bonchev–Trinajstić information content (AvgIpc) is 3.24. The van der Waals surface area contributed by atoms with Gasteiger partial charge in [0.25, 0.3) is 0 Å². The Morgan fingerprint density at radius 3 is 2.89 bits per heavy atom. The van der Waals surface area contributed by atoms with Crippen LogP contribution in [0.4, 0.5) is 17.5 Å². The van der Waals surface area contributed by atoms with Gasteiger partial charge in [0.15, 0.2) is 0 Å². The number of hydrogen-bond donors (Lipinski definition) is 2. The van der Waals surface area contributed by atoms with E-state index in [1.165, 1.54) is 12.0 Å². The molecule has 4 aromatic rings. The number of fused-ring (bicyclic) bond motifs is 1. The quantitative estimate of drug-likeness (QED) is 0.567. The lowest BCUT2D eigenvalue weighted by Crippen LogP contribution is -2.35. The van der Waals surface area contributed by atoms with Crippen molar-refractivity contribution < 1.29 is 0 Å². The molecule has 1 fully saturated rings. The highest BCUT2D eigenvalue weighted by molar-refractivity contribution is 5.87. The number of H-pyrrole nitrogens is 1. The SMILES string of the molecule is c1cnc(Nc2cccc([C@@H]3CCCN(c4ncnc5[nH]ccc45)C3)c2)nc1. The molecule has 0 unspecified atom stereocenters. The van der Waals surface area contributed by atoms with Crippen LogP contribution in [0.3, 0.4) is 0 Å². The van der Waals surface area contributed by atoms with Crippen LogP contribution in [-0.2, 0) is 0 Å². The summed E-state index contributed by atoms with van der Waals surface area (Å²) in [4.78, 5) is 22.9. The number of nitrogens with one attached hydrogen (secondary N) is 2. The van der Waals surface area contributed by atoms with E-state index in [-0.39, 0.29) is 0 Å². The zero-order valence-corrected chi connectivity index (χ0v) is 15.4. The zero-order chi connectivity index (χ0) is 18.8. The standard InChI is InChI=1S/C21H21N7/c1-4-15(12-17(6-1)27-21-23-8-3-9-24-21)16-5-2-11-28(13-16)20-18-7-10-22-19(18)25-14-26-20/h1,3-4,6-10,12,14,16H,2,5,11,13H2,(H,22,25,26)(H,23,24,27)/t16-/m1/s1. The smallest absolute Gasteiger partial charge is 0.227 e. The number of aromatic amines is 1. The molecule has 1 aliphatic heterocycles. The first-order valence-corrected chi connectivity index (χ1v) is 9.54. The molecule has 4 heterocycles. The summed E-state index contributed by atoms with van der Waals surface area (Å²) in [5, 5.41) is 4.37. The van der Waals surface area contributed by atoms with Gasteiger partial charge in [-0.1, -0.05) is 12.1 Å². The summed E-state index contributed by atoms with van der Waals surface area (Å²) in [5.74, 6) is 2.08. The lowest BCUT2D eigenvalue weighted by atomic mass is 9.90. The predicted molar refractivity (Wildman–Crippen MR) is 110 cm³/mol. The number of piperidine rings is 1. The summed E-state index contributed by atoms with van der Waals surface area (Å²) in [5.41, 5.74) is 3.22. The fourth-order valence-corrected chi connectivity index (χ4v) is 3.92. The summed E-state index contributed by atoms with van der Waals surface area (Å²) < 4.78 is 0. The van der Waals surface area contributed by atoms with E-state index in [9.17, 15) is 0 Å². The molecule has 0 amide bonds. The summed E-state index contributed by atoms with van der Waals surface area (Å²) in [6.07, 6.45) is 9.35. The maximum atomic E-state index is 4.57. The van der Waals surface area contributed by atoms with Crippen molar-refractivity contribution in [1.82, 2.24) is 24.9 Å². The second-order valence-corrected chi connectivity index (χ2v) is 7.05. The molecule has 7 nitrogen and oxygen atoms in total. The van der Waals surface area contributed by atoms with Crippen LogP contribution in [0.2, 0.25) is 0 Å². The summed E-state index contributed by atoms with van der Waals surface area (Å²) in [7, 11) is 0. The van der Waals surface area contributed by atoms with Crippen molar-refractivity contribution in [3.05, 3.63) is 66.9 Å². The van der Waals surface area contributed by atoms with Crippen molar-refractivity contribution in [3.63, 3.8) is 0 Å². The Morgan fingerprint density at radius 2 is 1.96 bits per heavy atom. The lowest BCUT2D eigenvalue weighted by Gasteiger charge is -2.34. The molecule has 0 spiro atoms. The van der Waals surface area contributed by atoms with Crippen LogP contribution in [-0.4, -0.2) is 38.0 Å². The molecular weight excluding hydrogens is 350 g/mol. The van der Waals surface area contributed by atoms with E-state index >= 15 is 0 Å². The van der Waals surface area contributed by atoms with Gasteiger partial charge < -0.3 is 15.2 Å². The molecule has 0 aliphatic carbocycles. The minimum absolute atomic E-state index is 0.455. The summed E-state index contributed by atoms with van der Waals surface area (Å²) >= 11 is 0. The van der Waals surface area contributed by atoms with Gasteiger partial charge in [0.2, 0.25) is 5.95 Å². The Hall–Kier alpha value is -3.48. The third-order valence-corrected chi connectivity index (χ3v) is 5.23. The predicted octanol–water partition coefficient (Wildman–Crippen LogP) is 3.88. The first-order valence-electron chi connectivity index (χ1n) is 9.54. The molecule has 28 heavy (non-hydrogen) atoms. The highest BCUT2D eigenvalue weighted by atomic mass is 15.2. The van der Waals surface area contributed by atoms with Gasteiger partial charge in [0.05, 0.1) is 5.39 Å². The van der Waals surface area contributed by atoms with Crippen molar-refractivity contribution in [2.24, 2.45) is 0 Å². The van der Waals surface area contributed by atoms with Crippen LogP contribution in [0.5, 0.6) is 0 Å². The highest BCUT2D eigenvalue weighted by Crippen LogP contribution is 2.32. The highest BCUT2D eigenvalue weighted by Gasteiger charge is 2.24. The molecule has 3 aromatic heterocycles. The van der Waals surface area contributed by atoms with Crippen LogP contribution in [0, 0.1) is 0 Å². The molecule has 5 rings (SSSR count). The van der Waals surface area contributed by atoms with Crippen LogP contribution < -0.4 is 10.2 Å². The fraction of sp³-hybridized carbons (Fsp3) is 0.238. The van der Waals surface area contributed by atoms with Gasteiger partial charge in [-0.25, -0.2) is 19.9 Å². The van der Waals surface area contributed by atoms with Crippen molar-refractivity contribution in [2.75, 3.05) is 23.3 Å². The Morgan fingerprint density at radius 1 is 1.04 bits per heavy atom. The molecule has 0 bridgehead atoms. The average molecular weight is 371 g/mol. The van der Waals surface area contributed by atoms with E-state index in [0.29, 0.717) is 11.9 Å². The molecular formula is C21H21N7. The second-order valence-electron chi connectivity index (χ2n) is 7.05. The summed E-state index contributed by atoms with van der Waals surface area (Å²) in [6, 6.07) is 12.4. The minimum atomic E-state index is 0.455. The maximum absolute atomic E-state index is 4.57. The number of nitrogens with zero attached hydrogens (tertiary/aromatic N) is 5. The van der Waals surface area contributed by atoms with Gasteiger partial charge in [0, 0.05) is 43.3 Å². The lowest BCUT2D eigenvalue weighted by molar-refractivity contribution is 0.508. The van der Waals surface area contributed by atoms with Crippen LogP contribution >= 0.6 is 0 Å². The van der Waals surface area contributed by atoms with Crippen molar-refractivity contribution in [1.29, 1.82) is 0 Å². The molecule has 1 saturated heterocycles. The first kappa shape index (κ1) is 16.7. The molecule has 1 aromatic carbocycles. The molecule has 0 radical (unpaired) electrons. The van der Waals surface area contributed by atoms with E-state index < -0.39 is 0 Å². The van der Waals surface area contributed by atoms with Gasteiger partial charge >= 0.3 is 0 Å². The molecule has 7 heteroatoms. The van der Waals surface area contributed by atoms with Crippen molar-refractivity contribution >= 4 is 28.5 Å². The molecule has 2 N–H and O–H groups in total. The Kier molecular flexibility index (Phi) is 4.33. The fourth-order valence-electron chi connectivity index (χ4n) is 3.92. The van der Waals surface area contributed by atoms with Crippen LogP contribution in [0.1, 0.15) is 24.3 Å². The Labute approximate surface area is 162 Å². The normalized spacial score (nSPS) is 17.0. The first-order chi connectivity index (χ1) is 13.9. The molecule has 1 atom stereocenters. The third-order valence-electron chi connectivity index (χ3n) is 5.23. The van der Waals surface area contributed by atoms with E-state index in [0.717, 1.165) is 42.0 Å². The number of hydrogen-bond acceptors (Lipinski definition) is 6. The van der Waals surface area contributed by atoms with E-state index in [2.05, 4.69) is 59.4 Å². The summed E-state index contributed by atoms with van der Waals surface area (Å²) in [6.45, 7) is 1.96. The Balaban J connectivity index is 1.38.